The Labute approximate surface area is 185 Å². The van der Waals surface area contributed by atoms with Crippen LogP contribution in [0.25, 0.3) is 0 Å². The van der Waals surface area contributed by atoms with Crippen LogP contribution in [0.4, 0.5) is 5.69 Å². The van der Waals surface area contributed by atoms with Crippen molar-refractivity contribution >= 4 is 27.6 Å². The molecule has 0 fully saturated rings. The standard InChI is InChI=1S/C22H22N2O7S/c1-15-12-17(31-14-21(25)29-2)7-10-20(15)24-22(26)16-5-8-19(9-6-16)32(27,28)23-13-18-4-3-11-30-18/h3-12,23H,13-14H2,1-2H3,(H,24,26). The molecule has 3 aromatic rings. The third kappa shape index (κ3) is 5.96. The van der Waals surface area contributed by atoms with Gasteiger partial charge in [-0.1, -0.05) is 0 Å². The number of rotatable bonds is 9. The molecule has 2 aromatic carbocycles. The van der Waals surface area contributed by atoms with E-state index in [1.54, 1.807) is 37.3 Å². The predicted octanol–water partition coefficient (Wildman–Crippen LogP) is 2.87. The lowest BCUT2D eigenvalue weighted by Gasteiger charge is -2.11. The van der Waals surface area contributed by atoms with Crippen LogP contribution >= 0.6 is 0 Å². The Hall–Kier alpha value is -3.63. The SMILES string of the molecule is COC(=O)COc1ccc(NC(=O)c2ccc(S(=O)(=O)NCc3ccco3)cc2)c(C)c1. The molecule has 0 atom stereocenters. The highest BCUT2D eigenvalue weighted by atomic mass is 32.2. The van der Waals surface area contributed by atoms with Crippen LogP contribution in [0.5, 0.6) is 5.75 Å². The number of furan rings is 1. The van der Waals surface area contributed by atoms with Crippen molar-refractivity contribution in [1.82, 2.24) is 4.72 Å². The number of nitrogens with one attached hydrogen (secondary N) is 2. The Morgan fingerprint density at radius 2 is 1.81 bits per heavy atom. The minimum Gasteiger partial charge on any atom is -0.482 e. The highest BCUT2D eigenvalue weighted by Crippen LogP contribution is 2.22. The van der Waals surface area contributed by atoms with E-state index >= 15 is 0 Å². The molecule has 0 saturated carbocycles. The molecular formula is C22H22N2O7S. The second kappa shape index (κ2) is 10.1. The van der Waals surface area contributed by atoms with Crippen LogP contribution in [0.1, 0.15) is 21.7 Å². The topological polar surface area (TPSA) is 124 Å². The van der Waals surface area contributed by atoms with Gasteiger partial charge in [0.05, 0.1) is 24.8 Å². The average Bonchev–Trinajstić information content (AvgIpc) is 3.31. The van der Waals surface area contributed by atoms with Crippen molar-refractivity contribution in [3.63, 3.8) is 0 Å². The van der Waals surface area contributed by atoms with Crippen molar-refractivity contribution in [2.45, 2.75) is 18.4 Å². The van der Waals surface area contributed by atoms with Crippen molar-refractivity contribution in [2.24, 2.45) is 0 Å². The minimum atomic E-state index is -3.75. The van der Waals surface area contributed by atoms with Gasteiger partial charge in [0.25, 0.3) is 5.91 Å². The zero-order valence-electron chi connectivity index (χ0n) is 17.5. The van der Waals surface area contributed by atoms with Crippen LogP contribution in [0, 0.1) is 6.92 Å². The maximum Gasteiger partial charge on any atom is 0.343 e. The first-order valence-electron chi connectivity index (χ1n) is 9.52. The fourth-order valence-electron chi connectivity index (χ4n) is 2.71. The number of ether oxygens (including phenoxy) is 2. The second-order valence-electron chi connectivity index (χ2n) is 6.72. The van der Waals surface area contributed by atoms with Gasteiger partial charge in [0, 0.05) is 11.3 Å². The van der Waals surface area contributed by atoms with Gasteiger partial charge in [0.2, 0.25) is 10.0 Å². The van der Waals surface area contributed by atoms with Gasteiger partial charge < -0.3 is 19.2 Å². The normalized spacial score (nSPS) is 11.1. The minimum absolute atomic E-state index is 0.0240. The van der Waals surface area contributed by atoms with Crippen molar-refractivity contribution in [3.05, 3.63) is 77.7 Å². The van der Waals surface area contributed by atoms with Gasteiger partial charge in [-0.25, -0.2) is 17.9 Å². The smallest absolute Gasteiger partial charge is 0.343 e. The lowest BCUT2D eigenvalue weighted by Crippen LogP contribution is -2.23. The van der Waals surface area contributed by atoms with Crippen molar-refractivity contribution < 1.29 is 31.9 Å². The number of carbonyl (C=O) groups excluding carboxylic acids is 2. The number of aryl methyl sites for hydroxylation is 1. The molecule has 32 heavy (non-hydrogen) atoms. The summed E-state index contributed by atoms with van der Waals surface area (Å²) in [4.78, 5) is 23.8. The summed E-state index contributed by atoms with van der Waals surface area (Å²) in [5.74, 6) is 0.0506. The summed E-state index contributed by atoms with van der Waals surface area (Å²) in [7, 11) is -2.48. The van der Waals surface area contributed by atoms with Gasteiger partial charge in [-0.3, -0.25) is 4.79 Å². The summed E-state index contributed by atoms with van der Waals surface area (Å²) >= 11 is 0. The zero-order chi connectivity index (χ0) is 23.1. The Morgan fingerprint density at radius 3 is 2.44 bits per heavy atom. The number of benzene rings is 2. The molecule has 10 heteroatoms. The molecular weight excluding hydrogens is 436 g/mol. The zero-order valence-corrected chi connectivity index (χ0v) is 18.3. The van der Waals surface area contributed by atoms with E-state index in [4.69, 9.17) is 9.15 Å². The molecule has 0 saturated heterocycles. The van der Waals surface area contributed by atoms with Crippen LogP contribution < -0.4 is 14.8 Å². The van der Waals surface area contributed by atoms with Gasteiger partial charge in [-0.05, 0) is 67.1 Å². The third-order valence-corrected chi connectivity index (χ3v) is 5.89. The summed E-state index contributed by atoms with van der Waals surface area (Å²) in [6, 6.07) is 13.9. The molecule has 1 amide bonds. The monoisotopic (exact) mass is 458 g/mol. The number of hydrogen-bond donors (Lipinski definition) is 2. The molecule has 0 aliphatic rings. The molecule has 2 N–H and O–H groups in total. The van der Waals surface area contributed by atoms with Crippen molar-refractivity contribution in [2.75, 3.05) is 19.0 Å². The molecule has 9 nitrogen and oxygen atoms in total. The van der Waals surface area contributed by atoms with E-state index in [-0.39, 0.29) is 18.0 Å². The highest BCUT2D eigenvalue weighted by Gasteiger charge is 2.16. The molecule has 0 unspecified atom stereocenters. The molecule has 168 valence electrons. The van der Waals surface area contributed by atoms with Gasteiger partial charge in [-0.15, -0.1) is 0 Å². The van der Waals surface area contributed by atoms with Crippen LogP contribution in [0.3, 0.4) is 0 Å². The van der Waals surface area contributed by atoms with Gasteiger partial charge in [0.15, 0.2) is 6.61 Å². The largest absolute Gasteiger partial charge is 0.482 e. The molecule has 0 aliphatic carbocycles. The predicted molar refractivity (Wildman–Crippen MR) is 116 cm³/mol. The molecule has 1 aromatic heterocycles. The number of hydrogen-bond acceptors (Lipinski definition) is 7. The second-order valence-corrected chi connectivity index (χ2v) is 8.49. The molecule has 0 aliphatic heterocycles. The first-order chi connectivity index (χ1) is 15.3. The highest BCUT2D eigenvalue weighted by molar-refractivity contribution is 7.89. The van der Waals surface area contributed by atoms with E-state index in [2.05, 4.69) is 14.8 Å². The summed E-state index contributed by atoms with van der Waals surface area (Å²) < 4.78 is 42.2. The Balaban J connectivity index is 1.62. The Bertz CT molecular complexity index is 1190. The fourth-order valence-corrected chi connectivity index (χ4v) is 3.70. The van der Waals surface area contributed by atoms with Crippen LogP contribution in [0.15, 0.2) is 70.2 Å². The van der Waals surface area contributed by atoms with Crippen LogP contribution in [-0.2, 0) is 26.1 Å². The van der Waals surface area contributed by atoms with Crippen molar-refractivity contribution in [1.29, 1.82) is 0 Å². The van der Waals surface area contributed by atoms with E-state index in [0.29, 0.717) is 22.8 Å². The molecule has 0 spiro atoms. The van der Waals surface area contributed by atoms with E-state index in [0.717, 1.165) is 5.56 Å². The lowest BCUT2D eigenvalue weighted by molar-refractivity contribution is -0.142. The van der Waals surface area contributed by atoms with E-state index in [1.165, 1.54) is 37.6 Å². The fraction of sp³-hybridized carbons (Fsp3) is 0.182. The van der Waals surface area contributed by atoms with Crippen LogP contribution in [0.2, 0.25) is 0 Å². The Morgan fingerprint density at radius 1 is 1.06 bits per heavy atom. The number of carbonyl (C=O) groups is 2. The Kier molecular flexibility index (Phi) is 7.29. The summed E-state index contributed by atoms with van der Waals surface area (Å²) in [6.07, 6.45) is 1.46. The third-order valence-electron chi connectivity index (χ3n) is 4.47. The molecule has 3 rings (SSSR count). The lowest BCUT2D eigenvalue weighted by atomic mass is 10.1. The molecule has 0 bridgehead atoms. The van der Waals surface area contributed by atoms with Crippen molar-refractivity contribution in [3.8, 4) is 5.75 Å². The number of sulfonamides is 1. The number of anilines is 1. The quantitative estimate of drug-likeness (QED) is 0.473. The maximum atomic E-state index is 12.6. The first-order valence-corrected chi connectivity index (χ1v) is 11.0. The number of esters is 1. The number of amides is 1. The van der Waals surface area contributed by atoms with E-state index < -0.39 is 21.9 Å². The first kappa shape index (κ1) is 23.0. The van der Waals surface area contributed by atoms with Crippen LogP contribution in [-0.4, -0.2) is 34.0 Å². The summed E-state index contributed by atoms with van der Waals surface area (Å²) in [6.45, 7) is 1.59. The van der Waals surface area contributed by atoms with Gasteiger partial charge >= 0.3 is 5.97 Å². The van der Waals surface area contributed by atoms with Gasteiger partial charge in [-0.2, -0.15) is 0 Å². The summed E-state index contributed by atoms with van der Waals surface area (Å²) in [5, 5.41) is 2.77. The average molecular weight is 458 g/mol. The molecule has 1 heterocycles. The molecule has 0 radical (unpaired) electrons. The van der Waals surface area contributed by atoms with E-state index in [1.807, 2.05) is 0 Å². The summed E-state index contributed by atoms with van der Waals surface area (Å²) in [5.41, 5.74) is 1.57. The maximum absolute atomic E-state index is 12.6. The van der Waals surface area contributed by atoms with Gasteiger partial charge in [0.1, 0.15) is 11.5 Å². The van der Waals surface area contributed by atoms with E-state index in [9.17, 15) is 18.0 Å². The number of methoxy groups -OCH3 is 1.